The van der Waals surface area contributed by atoms with Gasteiger partial charge in [0.15, 0.2) is 5.79 Å². The number of ether oxygens (including phenoxy) is 2. The lowest BCUT2D eigenvalue weighted by Crippen LogP contribution is -2.49. The van der Waals surface area contributed by atoms with E-state index in [4.69, 9.17) is 9.47 Å². The molecule has 0 unspecified atom stereocenters. The number of hydrogen-bond acceptors (Lipinski definition) is 4. The third-order valence-electron chi connectivity index (χ3n) is 5.73. The zero-order valence-electron chi connectivity index (χ0n) is 15.1. The van der Waals surface area contributed by atoms with Gasteiger partial charge in [0.2, 0.25) is 11.8 Å². The average molecular weight is 358 g/mol. The molecule has 140 valence electrons. The van der Waals surface area contributed by atoms with E-state index in [1.807, 2.05) is 28.0 Å². The van der Waals surface area contributed by atoms with Crippen LogP contribution in [0.15, 0.2) is 30.3 Å². The van der Waals surface area contributed by atoms with E-state index in [1.165, 1.54) is 5.56 Å². The molecule has 6 nitrogen and oxygen atoms in total. The predicted molar refractivity (Wildman–Crippen MR) is 95.3 cm³/mol. The summed E-state index contributed by atoms with van der Waals surface area (Å²) in [6.45, 7) is 3.79. The zero-order valence-corrected chi connectivity index (χ0v) is 15.1. The van der Waals surface area contributed by atoms with Crippen molar-refractivity contribution < 1.29 is 19.1 Å². The van der Waals surface area contributed by atoms with E-state index in [0.29, 0.717) is 45.8 Å². The smallest absolute Gasteiger partial charge is 0.228 e. The van der Waals surface area contributed by atoms with Gasteiger partial charge in [-0.1, -0.05) is 30.3 Å². The Hall–Kier alpha value is -1.92. The Kier molecular flexibility index (Phi) is 4.96. The SMILES string of the molecule is O=C1C[C@H](C(=O)N2CCC3(CC2)OCCO3)CN1CCc1ccccc1. The van der Waals surface area contributed by atoms with Crippen molar-refractivity contribution >= 4 is 11.8 Å². The molecule has 26 heavy (non-hydrogen) atoms. The molecule has 0 bridgehead atoms. The van der Waals surface area contributed by atoms with Crippen LogP contribution in [0.25, 0.3) is 0 Å². The average Bonchev–Trinajstić information content (AvgIpc) is 3.28. The molecule has 0 aliphatic carbocycles. The maximum atomic E-state index is 12.8. The molecule has 0 aromatic heterocycles. The van der Waals surface area contributed by atoms with Crippen molar-refractivity contribution in [2.75, 3.05) is 39.4 Å². The van der Waals surface area contributed by atoms with Gasteiger partial charge in [-0.3, -0.25) is 9.59 Å². The first kappa shape index (κ1) is 17.5. The highest BCUT2D eigenvalue weighted by molar-refractivity contribution is 5.89. The van der Waals surface area contributed by atoms with Crippen molar-refractivity contribution in [2.24, 2.45) is 5.92 Å². The summed E-state index contributed by atoms with van der Waals surface area (Å²) in [6.07, 6.45) is 2.60. The van der Waals surface area contributed by atoms with E-state index < -0.39 is 5.79 Å². The van der Waals surface area contributed by atoms with Gasteiger partial charge >= 0.3 is 0 Å². The lowest BCUT2D eigenvalue weighted by Gasteiger charge is -2.38. The molecule has 1 spiro atoms. The van der Waals surface area contributed by atoms with Crippen LogP contribution in [-0.2, 0) is 25.5 Å². The minimum absolute atomic E-state index is 0.0928. The van der Waals surface area contributed by atoms with Crippen LogP contribution >= 0.6 is 0 Å². The maximum absolute atomic E-state index is 12.8. The first-order valence-electron chi connectivity index (χ1n) is 9.54. The Morgan fingerprint density at radius 3 is 2.50 bits per heavy atom. The highest BCUT2D eigenvalue weighted by Crippen LogP contribution is 2.32. The number of amides is 2. The van der Waals surface area contributed by atoms with Gasteiger partial charge in [-0.25, -0.2) is 0 Å². The van der Waals surface area contributed by atoms with Crippen LogP contribution in [0.4, 0.5) is 0 Å². The lowest BCUT2D eigenvalue weighted by molar-refractivity contribution is -0.188. The molecule has 3 aliphatic rings. The number of carbonyl (C=O) groups is 2. The van der Waals surface area contributed by atoms with E-state index >= 15 is 0 Å². The molecule has 1 aromatic rings. The number of rotatable bonds is 4. The summed E-state index contributed by atoms with van der Waals surface area (Å²) in [5.74, 6) is -0.481. The molecule has 3 fully saturated rings. The van der Waals surface area contributed by atoms with E-state index in [-0.39, 0.29) is 17.7 Å². The maximum Gasteiger partial charge on any atom is 0.228 e. The fourth-order valence-electron chi connectivity index (χ4n) is 4.17. The van der Waals surface area contributed by atoms with Crippen molar-refractivity contribution in [3.8, 4) is 0 Å². The van der Waals surface area contributed by atoms with Crippen molar-refractivity contribution in [3.05, 3.63) is 35.9 Å². The van der Waals surface area contributed by atoms with E-state index in [0.717, 1.165) is 19.3 Å². The molecule has 3 aliphatic heterocycles. The Morgan fingerprint density at radius 1 is 1.12 bits per heavy atom. The summed E-state index contributed by atoms with van der Waals surface area (Å²) in [7, 11) is 0. The summed E-state index contributed by atoms with van der Waals surface area (Å²) < 4.78 is 11.4. The molecule has 1 atom stereocenters. The van der Waals surface area contributed by atoms with Crippen LogP contribution in [0.3, 0.4) is 0 Å². The third-order valence-corrected chi connectivity index (χ3v) is 5.73. The molecular weight excluding hydrogens is 332 g/mol. The first-order chi connectivity index (χ1) is 12.7. The molecule has 0 N–H and O–H groups in total. The molecule has 1 aromatic carbocycles. The van der Waals surface area contributed by atoms with Crippen molar-refractivity contribution in [2.45, 2.75) is 31.5 Å². The van der Waals surface area contributed by atoms with E-state index in [2.05, 4.69) is 12.1 Å². The highest BCUT2D eigenvalue weighted by Gasteiger charge is 2.43. The van der Waals surface area contributed by atoms with Gasteiger partial charge in [-0.15, -0.1) is 0 Å². The number of hydrogen-bond donors (Lipinski definition) is 0. The van der Waals surface area contributed by atoms with Crippen molar-refractivity contribution in [1.82, 2.24) is 9.80 Å². The fourth-order valence-corrected chi connectivity index (χ4v) is 4.17. The molecule has 2 amide bonds. The van der Waals surface area contributed by atoms with Gasteiger partial charge < -0.3 is 19.3 Å². The standard InChI is InChI=1S/C20H26N2O4/c23-18-14-17(15-22(18)9-6-16-4-2-1-3-5-16)19(24)21-10-7-20(8-11-21)25-12-13-26-20/h1-5,17H,6-15H2/t17-/m0/s1. The zero-order chi connectivity index (χ0) is 18.0. The van der Waals surface area contributed by atoms with Crippen molar-refractivity contribution in [3.63, 3.8) is 0 Å². The topological polar surface area (TPSA) is 59.1 Å². The summed E-state index contributed by atoms with van der Waals surface area (Å²) in [5, 5.41) is 0. The number of benzene rings is 1. The molecule has 3 heterocycles. The third kappa shape index (κ3) is 3.62. The van der Waals surface area contributed by atoms with Crippen LogP contribution in [0.5, 0.6) is 0 Å². The van der Waals surface area contributed by atoms with Crippen LogP contribution in [-0.4, -0.2) is 66.8 Å². The molecular formula is C20H26N2O4. The second-order valence-corrected chi connectivity index (χ2v) is 7.41. The minimum atomic E-state index is -0.468. The van der Waals surface area contributed by atoms with Gasteiger partial charge in [0, 0.05) is 45.4 Å². The predicted octanol–water partition coefficient (Wildman–Crippen LogP) is 1.44. The quantitative estimate of drug-likeness (QED) is 0.817. The monoisotopic (exact) mass is 358 g/mol. The van der Waals surface area contributed by atoms with Gasteiger partial charge in [-0.2, -0.15) is 0 Å². The first-order valence-corrected chi connectivity index (χ1v) is 9.54. The Labute approximate surface area is 154 Å². The Balaban J connectivity index is 1.28. The summed E-state index contributed by atoms with van der Waals surface area (Å²) in [6, 6.07) is 10.1. The number of carbonyl (C=O) groups excluding carboxylic acids is 2. The van der Waals surface area contributed by atoms with Gasteiger partial charge in [0.1, 0.15) is 0 Å². The van der Waals surface area contributed by atoms with Crippen LogP contribution in [0.1, 0.15) is 24.8 Å². The van der Waals surface area contributed by atoms with Gasteiger partial charge in [0.25, 0.3) is 0 Å². The minimum Gasteiger partial charge on any atom is -0.347 e. The number of nitrogens with zero attached hydrogens (tertiary/aromatic N) is 2. The Bertz CT molecular complexity index is 647. The molecule has 3 saturated heterocycles. The number of likely N-dealkylation sites (tertiary alicyclic amines) is 2. The van der Waals surface area contributed by atoms with E-state index in [9.17, 15) is 9.59 Å². The summed E-state index contributed by atoms with van der Waals surface area (Å²) in [4.78, 5) is 28.9. The normalized spacial score (nSPS) is 25.2. The largest absolute Gasteiger partial charge is 0.347 e. The van der Waals surface area contributed by atoms with Crippen LogP contribution < -0.4 is 0 Å². The van der Waals surface area contributed by atoms with Gasteiger partial charge in [0.05, 0.1) is 19.1 Å². The molecule has 0 saturated carbocycles. The highest BCUT2D eigenvalue weighted by atomic mass is 16.7. The summed E-state index contributed by atoms with van der Waals surface area (Å²) in [5.41, 5.74) is 1.22. The van der Waals surface area contributed by atoms with E-state index in [1.54, 1.807) is 0 Å². The fraction of sp³-hybridized carbons (Fsp3) is 0.600. The molecule has 6 heteroatoms. The molecule has 4 rings (SSSR count). The second-order valence-electron chi connectivity index (χ2n) is 7.41. The number of piperidine rings is 1. The Morgan fingerprint density at radius 2 is 1.81 bits per heavy atom. The lowest BCUT2D eigenvalue weighted by atomic mass is 10.0. The second kappa shape index (κ2) is 7.37. The van der Waals surface area contributed by atoms with Crippen LogP contribution in [0, 0.1) is 5.92 Å². The van der Waals surface area contributed by atoms with Crippen molar-refractivity contribution in [1.29, 1.82) is 0 Å². The van der Waals surface area contributed by atoms with Gasteiger partial charge in [-0.05, 0) is 12.0 Å². The molecule has 0 radical (unpaired) electrons. The van der Waals surface area contributed by atoms with Crippen LogP contribution in [0.2, 0.25) is 0 Å². The summed E-state index contributed by atoms with van der Waals surface area (Å²) >= 11 is 0.